The second kappa shape index (κ2) is 8.53. The number of aryl methyl sites for hydroxylation is 1. The molecule has 16 heteroatoms. The molecule has 3 N–H and O–H groups in total. The van der Waals surface area contributed by atoms with Crippen molar-refractivity contribution in [3.8, 4) is 5.75 Å². The number of nitrogens with zero attached hydrogens (tertiary/aromatic N) is 1. The molecule has 2 unspecified atom stereocenters. The zero-order valence-corrected chi connectivity index (χ0v) is 18.3. The number of alkyl halides is 6. The molecule has 1 aliphatic rings. The summed E-state index contributed by atoms with van der Waals surface area (Å²) < 4.78 is 126. The Morgan fingerprint density at radius 2 is 1.91 bits per heavy atom. The van der Waals surface area contributed by atoms with Gasteiger partial charge in [0, 0.05) is 18.9 Å². The SMILES string of the molecule is C=CC(O)(C1COc2c(cn(C)c2C(=O)Nc2ccc(F)c(C(F)(F)F)c2)S(=O)(=O)N1)C(F)(F)F. The highest BCUT2D eigenvalue weighted by atomic mass is 32.2. The second-order valence-corrected chi connectivity index (χ2v) is 9.12. The summed E-state index contributed by atoms with van der Waals surface area (Å²) in [6.07, 6.45) is -9.53. The van der Waals surface area contributed by atoms with Crippen LogP contribution in [0.5, 0.6) is 5.75 Å². The minimum Gasteiger partial charge on any atom is -0.488 e. The Balaban J connectivity index is 2.00. The molecule has 0 aliphatic carbocycles. The highest BCUT2D eigenvalue weighted by Crippen LogP contribution is 2.39. The molecular weight excluding hydrogens is 515 g/mol. The van der Waals surface area contributed by atoms with E-state index in [1.54, 1.807) is 4.72 Å². The third-order valence-corrected chi connectivity index (χ3v) is 6.59. The standard InChI is InChI=1S/C19H16F7N3O5S/c1-3-17(31,19(24,25)26)13-8-34-15-12(35(32,33)28-13)7-29(2)14(15)16(30)27-9-4-5-11(20)10(6-9)18(21,22)23/h3-7,13,28,31H,1,8H2,2H3,(H,27,30). The van der Waals surface area contributed by atoms with Gasteiger partial charge in [0.1, 0.15) is 17.3 Å². The zero-order chi connectivity index (χ0) is 26.6. The average molecular weight is 531 g/mol. The van der Waals surface area contributed by atoms with Crippen LogP contribution in [-0.2, 0) is 23.2 Å². The van der Waals surface area contributed by atoms with Gasteiger partial charge in [-0.1, -0.05) is 6.58 Å². The van der Waals surface area contributed by atoms with Crippen LogP contribution in [0.2, 0.25) is 0 Å². The summed E-state index contributed by atoms with van der Waals surface area (Å²) in [4.78, 5) is 12.0. The topological polar surface area (TPSA) is 110 Å². The fraction of sp³-hybridized carbons (Fsp3) is 0.316. The molecule has 0 saturated carbocycles. The smallest absolute Gasteiger partial charge is 0.422 e. The van der Waals surface area contributed by atoms with Gasteiger partial charge >= 0.3 is 12.4 Å². The number of hydrogen-bond donors (Lipinski definition) is 3. The van der Waals surface area contributed by atoms with E-state index >= 15 is 0 Å². The molecule has 0 spiro atoms. The Morgan fingerprint density at radius 3 is 2.46 bits per heavy atom. The molecule has 2 aromatic rings. The van der Waals surface area contributed by atoms with Crippen molar-refractivity contribution in [1.82, 2.24) is 9.29 Å². The van der Waals surface area contributed by atoms with Gasteiger partial charge in [-0.3, -0.25) is 4.79 Å². The van der Waals surface area contributed by atoms with Gasteiger partial charge in [-0.15, -0.1) is 0 Å². The summed E-state index contributed by atoms with van der Waals surface area (Å²) >= 11 is 0. The van der Waals surface area contributed by atoms with E-state index in [4.69, 9.17) is 4.74 Å². The van der Waals surface area contributed by atoms with Gasteiger partial charge in [0.05, 0.1) is 11.6 Å². The lowest BCUT2D eigenvalue weighted by molar-refractivity contribution is -0.249. The normalized spacial score (nSPS) is 19.6. The van der Waals surface area contributed by atoms with Gasteiger partial charge in [0.25, 0.3) is 5.91 Å². The van der Waals surface area contributed by atoms with Gasteiger partial charge in [-0.2, -0.15) is 26.3 Å². The van der Waals surface area contributed by atoms with E-state index in [0.29, 0.717) is 12.1 Å². The summed E-state index contributed by atoms with van der Waals surface area (Å²) in [5, 5.41) is 12.1. The minimum absolute atomic E-state index is 0.0833. The summed E-state index contributed by atoms with van der Waals surface area (Å²) in [7, 11) is -3.63. The Morgan fingerprint density at radius 1 is 1.29 bits per heavy atom. The van der Waals surface area contributed by atoms with Crippen LogP contribution in [-0.4, -0.2) is 48.4 Å². The molecule has 3 rings (SSSR count). The Labute approximate surface area is 193 Å². The summed E-state index contributed by atoms with van der Waals surface area (Å²) in [6, 6.07) is -0.734. The molecule has 0 radical (unpaired) electrons. The van der Waals surface area contributed by atoms with Crippen molar-refractivity contribution in [1.29, 1.82) is 0 Å². The first-order valence-electron chi connectivity index (χ1n) is 9.37. The number of amides is 1. The van der Waals surface area contributed by atoms with Gasteiger partial charge in [0.2, 0.25) is 10.0 Å². The Bertz CT molecular complexity index is 1290. The summed E-state index contributed by atoms with van der Waals surface area (Å²) in [6.45, 7) is 1.79. The van der Waals surface area contributed by atoms with Gasteiger partial charge in [0.15, 0.2) is 17.0 Å². The fourth-order valence-electron chi connectivity index (χ4n) is 3.30. The third-order valence-electron chi connectivity index (χ3n) is 5.12. The highest BCUT2D eigenvalue weighted by Gasteiger charge is 2.58. The van der Waals surface area contributed by atoms with Crippen molar-refractivity contribution in [2.75, 3.05) is 11.9 Å². The van der Waals surface area contributed by atoms with E-state index in [-0.39, 0.29) is 6.08 Å². The van der Waals surface area contributed by atoms with E-state index in [9.17, 15) is 49.1 Å². The predicted molar refractivity (Wildman–Crippen MR) is 106 cm³/mol. The van der Waals surface area contributed by atoms with Crippen LogP contribution >= 0.6 is 0 Å². The molecule has 1 aromatic carbocycles. The molecule has 1 aromatic heterocycles. The van der Waals surface area contributed by atoms with Crippen LogP contribution in [0.1, 0.15) is 16.1 Å². The second-order valence-electron chi connectivity index (χ2n) is 7.44. The molecule has 2 atom stereocenters. The molecular formula is C19H16F7N3O5S. The number of nitrogens with one attached hydrogen (secondary N) is 2. The van der Waals surface area contributed by atoms with E-state index in [1.807, 2.05) is 5.32 Å². The number of halogens is 7. The third kappa shape index (κ3) is 4.72. The van der Waals surface area contributed by atoms with Crippen molar-refractivity contribution in [2.24, 2.45) is 7.05 Å². The van der Waals surface area contributed by atoms with Crippen molar-refractivity contribution in [3.63, 3.8) is 0 Å². The lowest BCUT2D eigenvalue weighted by Gasteiger charge is -2.33. The number of ether oxygens (including phenoxy) is 1. The predicted octanol–water partition coefficient (Wildman–Crippen LogP) is 2.95. The van der Waals surface area contributed by atoms with E-state index in [0.717, 1.165) is 16.8 Å². The average Bonchev–Trinajstić information content (AvgIpc) is 3.00. The first-order chi connectivity index (χ1) is 15.9. The van der Waals surface area contributed by atoms with Crippen LogP contribution in [0.3, 0.4) is 0 Å². The number of anilines is 1. The number of carbonyl (C=O) groups excluding carboxylic acids is 1. The maximum absolute atomic E-state index is 13.5. The quantitative estimate of drug-likeness (QED) is 0.415. The lowest BCUT2D eigenvalue weighted by atomic mass is 9.95. The molecule has 0 fully saturated rings. The summed E-state index contributed by atoms with van der Waals surface area (Å²) in [5.41, 5.74) is -6.51. The van der Waals surface area contributed by atoms with Crippen LogP contribution in [0.4, 0.5) is 36.4 Å². The maximum atomic E-state index is 13.5. The van der Waals surface area contributed by atoms with Gasteiger partial charge in [-0.25, -0.2) is 17.5 Å². The van der Waals surface area contributed by atoms with Crippen LogP contribution in [0.15, 0.2) is 41.9 Å². The summed E-state index contributed by atoms with van der Waals surface area (Å²) in [5.74, 6) is -3.53. The number of aromatic nitrogens is 1. The molecule has 192 valence electrons. The Hall–Kier alpha value is -3.11. The van der Waals surface area contributed by atoms with Gasteiger partial charge < -0.3 is 19.7 Å². The van der Waals surface area contributed by atoms with Crippen molar-refractivity contribution in [2.45, 2.75) is 28.9 Å². The first-order valence-corrected chi connectivity index (χ1v) is 10.9. The zero-order valence-electron chi connectivity index (χ0n) is 17.5. The van der Waals surface area contributed by atoms with Crippen molar-refractivity contribution < 1.29 is 53.8 Å². The minimum atomic E-state index is -5.36. The molecule has 0 bridgehead atoms. The number of aliphatic hydroxyl groups is 1. The number of rotatable bonds is 4. The number of hydrogen-bond acceptors (Lipinski definition) is 5. The largest absolute Gasteiger partial charge is 0.488 e. The highest BCUT2D eigenvalue weighted by molar-refractivity contribution is 7.89. The molecule has 1 amide bonds. The molecule has 2 heterocycles. The number of carbonyl (C=O) groups is 1. The first kappa shape index (κ1) is 26.5. The van der Waals surface area contributed by atoms with Crippen molar-refractivity contribution >= 4 is 21.6 Å². The monoisotopic (exact) mass is 531 g/mol. The lowest BCUT2D eigenvalue weighted by Crippen LogP contribution is -2.61. The molecule has 0 saturated heterocycles. The van der Waals surface area contributed by atoms with Crippen LogP contribution in [0.25, 0.3) is 0 Å². The number of benzene rings is 1. The molecule has 35 heavy (non-hydrogen) atoms. The number of sulfonamides is 1. The fourth-order valence-corrected chi connectivity index (χ4v) is 4.75. The number of fused-ring (bicyclic) bond motifs is 1. The van der Waals surface area contributed by atoms with Crippen LogP contribution in [0, 0.1) is 5.82 Å². The van der Waals surface area contributed by atoms with Gasteiger partial charge in [-0.05, 0) is 24.3 Å². The van der Waals surface area contributed by atoms with E-state index in [2.05, 4.69) is 6.58 Å². The van der Waals surface area contributed by atoms with Crippen LogP contribution < -0.4 is 14.8 Å². The van der Waals surface area contributed by atoms with Crippen molar-refractivity contribution in [3.05, 3.63) is 54.1 Å². The Kier molecular flexibility index (Phi) is 6.45. The van der Waals surface area contributed by atoms with E-state index in [1.165, 1.54) is 7.05 Å². The molecule has 8 nitrogen and oxygen atoms in total. The van der Waals surface area contributed by atoms with E-state index < -0.39 is 79.9 Å². The maximum Gasteiger partial charge on any atom is 0.422 e. The molecule has 1 aliphatic heterocycles.